The lowest BCUT2D eigenvalue weighted by Crippen LogP contribution is -2.19. The van der Waals surface area contributed by atoms with E-state index in [4.69, 9.17) is 10.5 Å². The summed E-state index contributed by atoms with van der Waals surface area (Å²) < 4.78 is 5.82. The smallest absolute Gasteiger partial charge is 0.119 e. The zero-order valence-corrected chi connectivity index (χ0v) is 12.5. The second kappa shape index (κ2) is 6.58. The van der Waals surface area contributed by atoms with E-state index in [1.54, 1.807) is 0 Å². The molecule has 0 saturated heterocycles. The Hall–Kier alpha value is -1.80. The van der Waals surface area contributed by atoms with Crippen molar-refractivity contribution < 1.29 is 4.74 Å². The highest BCUT2D eigenvalue weighted by atomic mass is 16.5. The number of rotatable bonds is 5. The molecule has 0 spiro atoms. The molecule has 0 bridgehead atoms. The molecule has 0 aliphatic heterocycles. The van der Waals surface area contributed by atoms with E-state index < -0.39 is 0 Å². The highest BCUT2D eigenvalue weighted by Crippen LogP contribution is 2.19. The number of aryl methyl sites for hydroxylation is 3. The minimum absolute atomic E-state index is 0.0956. The maximum Gasteiger partial charge on any atom is 0.119 e. The highest BCUT2D eigenvalue weighted by Gasteiger charge is 2.07. The summed E-state index contributed by atoms with van der Waals surface area (Å²) in [6.45, 7) is 6.79. The Labute approximate surface area is 121 Å². The monoisotopic (exact) mass is 269 g/mol. The molecule has 2 nitrogen and oxygen atoms in total. The van der Waals surface area contributed by atoms with Gasteiger partial charge in [-0.25, -0.2) is 0 Å². The van der Waals surface area contributed by atoms with E-state index in [0.717, 1.165) is 17.7 Å². The number of hydrogen-bond donors (Lipinski definition) is 1. The number of benzene rings is 2. The molecule has 2 heteroatoms. The molecule has 0 heterocycles. The standard InChI is InChI=1S/C18H23NO/c1-4-15-5-7-16(8-6-15)18(19)12-20-17-10-13(2)9-14(3)11-17/h5-11,18H,4,12,19H2,1-3H3. The average Bonchev–Trinajstić information content (AvgIpc) is 2.44. The summed E-state index contributed by atoms with van der Waals surface area (Å²) in [6.07, 6.45) is 1.05. The van der Waals surface area contributed by atoms with Crippen LogP contribution in [0.4, 0.5) is 0 Å². The lowest BCUT2D eigenvalue weighted by atomic mass is 10.1. The van der Waals surface area contributed by atoms with Gasteiger partial charge >= 0.3 is 0 Å². The highest BCUT2D eigenvalue weighted by molar-refractivity contribution is 5.33. The van der Waals surface area contributed by atoms with Crippen molar-refractivity contribution in [1.82, 2.24) is 0 Å². The third-order valence-electron chi connectivity index (χ3n) is 3.44. The lowest BCUT2D eigenvalue weighted by molar-refractivity contribution is 0.290. The molecular weight excluding hydrogens is 246 g/mol. The molecular formula is C18H23NO. The van der Waals surface area contributed by atoms with E-state index in [1.807, 2.05) is 12.1 Å². The van der Waals surface area contributed by atoms with Crippen LogP contribution in [0, 0.1) is 13.8 Å². The summed E-state index contributed by atoms with van der Waals surface area (Å²) in [7, 11) is 0. The molecule has 0 aliphatic rings. The fraction of sp³-hybridized carbons (Fsp3) is 0.333. The largest absolute Gasteiger partial charge is 0.492 e. The van der Waals surface area contributed by atoms with Gasteiger partial charge in [0.05, 0.1) is 6.04 Å². The molecule has 0 amide bonds. The molecule has 106 valence electrons. The maximum absolute atomic E-state index is 6.19. The topological polar surface area (TPSA) is 35.2 Å². The van der Waals surface area contributed by atoms with Gasteiger partial charge in [-0.05, 0) is 54.7 Å². The first-order valence-corrected chi connectivity index (χ1v) is 7.14. The second-order valence-electron chi connectivity index (χ2n) is 5.34. The van der Waals surface area contributed by atoms with Gasteiger partial charge < -0.3 is 10.5 Å². The Morgan fingerprint density at radius 2 is 1.60 bits per heavy atom. The van der Waals surface area contributed by atoms with Gasteiger partial charge in [0.15, 0.2) is 0 Å². The molecule has 2 rings (SSSR count). The van der Waals surface area contributed by atoms with E-state index in [9.17, 15) is 0 Å². The summed E-state index contributed by atoms with van der Waals surface area (Å²) in [5.41, 5.74) is 11.1. The van der Waals surface area contributed by atoms with Crippen molar-refractivity contribution in [2.45, 2.75) is 33.2 Å². The molecule has 2 aromatic rings. The van der Waals surface area contributed by atoms with Crippen molar-refractivity contribution in [1.29, 1.82) is 0 Å². The van der Waals surface area contributed by atoms with Crippen LogP contribution in [0.5, 0.6) is 5.75 Å². The summed E-state index contributed by atoms with van der Waals surface area (Å²) >= 11 is 0. The Morgan fingerprint density at radius 3 is 2.15 bits per heavy atom. The van der Waals surface area contributed by atoms with Gasteiger partial charge in [-0.15, -0.1) is 0 Å². The molecule has 0 aliphatic carbocycles. The predicted molar refractivity (Wildman–Crippen MR) is 84.2 cm³/mol. The Bertz CT molecular complexity index is 540. The van der Waals surface area contributed by atoms with E-state index >= 15 is 0 Å². The third kappa shape index (κ3) is 3.84. The van der Waals surface area contributed by atoms with Crippen molar-refractivity contribution in [3.63, 3.8) is 0 Å². The van der Waals surface area contributed by atoms with Crippen LogP contribution >= 0.6 is 0 Å². The third-order valence-corrected chi connectivity index (χ3v) is 3.44. The fourth-order valence-corrected chi connectivity index (χ4v) is 2.30. The van der Waals surface area contributed by atoms with Crippen LogP contribution in [-0.4, -0.2) is 6.61 Å². The van der Waals surface area contributed by atoms with Crippen LogP contribution in [0.15, 0.2) is 42.5 Å². The molecule has 0 radical (unpaired) electrons. The van der Waals surface area contributed by atoms with Crippen LogP contribution in [0.3, 0.4) is 0 Å². The molecule has 2 N–H and O–H groups in total. The molecule has 0 saturated carbocycles. The van der Waals surface area contributed by atoms with Crippen LogP contribution in [-0.2, 0) is 6.42 Å². The van der Waals surface area contributed by atoms with Crippen molar-refractivity contribution >= 4 is 0 Å². The van der Waals surface area contributed by atoms with E-state index in [-0.39, 0.29) is 6.04 Å². The molecule has 20 heavy (non-hydrogen) atoms. The van der Waals surface area contributed by atoms with E-state index in [2.05, 4.69) is 51.1 Å². The quantitative estimate of drug-likeness (QED) is 0.892. The number of ether oxygens (including phenoxy) is 1. The maximum atomic E-state index is 6.19. The lowest BCUT2D eigenvalue weighted by Gasteiger charge is -2.15. The van der Waals surface area contributed by atoms with Gasteiger partial charge in [0, 0.05) is 0 Å². The van der Waals surface area contributed by atoms with Gasteiger partial charge in [0.25, 0.3) is 0 Å². The molecule has 1 atom stereocenters. The SMILES string of the molecule is CCc1ccc(C(N)COc2cc(C)cc(C)c2)cc1. The normalized spacial score (nSPS) is 12.2. The zero-order chi connectivity index (χ0) is 14.5. The molecule has 2 aromatic carbocycles. The van der Waals surface area contributed by atoms with E-state index in [1.165, 1.54) is 16.7 Å². The molecule has 0 fully saturated rings. The van der Waals surface area contributed by atoms with Crippen molar-refractivity contribution in [2.24, 2.45) is 5.73 Å². The Kier molecular flexibility index (Phi) is 4.80. The summed E-state index contributed by atoms with van der Waals surface area (Å²) in [4.78, 5) is 0. The average molecular weight is 269 g/mol. The first-order chi connectivity index (χ1) is 9.58. The summed E-state index contributed by atoms with van der Waals surface area (Å²) in [5, 5.41) is 0. The number of hydrogen-bond acceptors (Lipinski definition) is 2. The minimum atomic E-state index is -0.0956. The minimum Gasteiger partial charge on any atom is -0.492 e. The second-order valence-corrected chi connectivity index (χ2v) is 5.34. The number of nitrogens with two attached hydrogens (primary N) is 1. The van der Waals surface area contributed by atoms with Crippen LogP contribution in [0.1, 0.15) is 35.2 Å². The first-order valence-electron chi connectivity index (χ1n) is 7.14. The van der Waals surface area contributed by atoms with Gasteiger partial charge in [0.1, 0.15) is 12.4 Å². The summed E-state index contributed by atoms with van der Waals surface area (Å²) in [6, 6.07) is 14.6. The molecule has 0 aromatic heterocycles. The van der Waals surface area contributed by atoms with Crippen molar-refractivity contribution in [2.75, 3.05) is 6.61 Å². The Balaban J connectivity index is 1.98. The van der Waals surface area contributed by atoms with Gasteiger partial charge in [-0.2, -0.15) is 0 Å². The van der Waals surface area contributed by atoms with E-state index in [0.29, 0.717) is 6.61 Å². The van der Waals surface area contributed by atoms with Crippen LogP contribution < -0.4 is 10.5 Å². The van der Waals surface area contributed by atoms with Crippen molar-refractivity contribution in [3.05, 3.63) is 64.7 Å². The van der Waals surface area contributed by atoms with Crippen LogP contribution in [0.25, 0.3) is 0 Å². The van der Waals surface area contributed by atoms with Gasteiger partial charge in [-0.1, -0.05) is 37.3 Å². The Morgan fingerprint density at radius 1 is 1.00 bits per heavy atom. The first kappa shape index (κ1) is 14.6. The van der Waals surface area contributed by atoms with Crippen molar-refractivity contribution in [3.8, 4) is 5.75 Å². The predicted octanol–water partition coefficient (Wildman–Crippen LogP) is 3.94. The van der Waals surface area contributed by atoms with Gasteiger partial charge in [0.2, 0.25) is 0 Å². The fourth-order valence-electron chi connectivity index (χ4n) is 2.30. The zero-order valence-electron chi connectivity index (χ0n) is 12.5. The van der Waals surface area contributed by atoms with Crippen LogP contribution in [0.2, 0.25) is 0 Å². The van der Waals surface area contributed by atoms with Gasteiger partial charge in [-0.3, -0.25) is 0 Å². The summed E-state index contributed by atoms with van der Waals surface area (Å²) in [5.74, 6) is 0.892. The molecule has 1 unspecified atom stereocenters.